The summed E-state index contributed by atoms with van der Waals surface area (Å²) >= 11 is 0. The smallest absolute Gasteiger partial charge is 0.229 e. The first kappa shape index (κ1) is 19.8. The van der Waals surface area contributed by atoms with E-state index >= 15 is 0 Å². The fourth-order valence-electron chi connectivity index (χ4n) is 2.97. The molecule has 1 N–H and O–H groups in total. The number of rotatable bonds is 6. The van der Waals surface area contributed by atoms with Gasteiger partial charge in [0, 0.05) is 25.7 Å². The zero-order chi connectivity index (χ0) is 20.4. The number of hydrogen-bond acceptors (Lipinski definition) is 6. The summed E-state index contributed by atoms with van der Waals surface area (Å²) in [4.78, 5) is 15.5. The number of aryl methyl sites for hydroxylation is 2. The Hall–Kier alpha value is -2.96. The van der Waals surface area contributed by atoms with Gasteiger partial charge in [-0.05, 0) is 44.5 Å². The highest BCUT2D eigenvalue weighted by atomic mass is 15.3. The van der Waals surface area contributed by atoms with Crippen molar-refractivity contribution < 1.29 is 0 Å². The average molecular weight is 380 g/mol. The Morgan fingerprint density at radius 2 is 1.64 bits per heavy atom. The van der Waals surface area contributed by atoms with Crippen LogP contribution in [0.2, 0.25) is 0 Å². The van der Waals surface area contributed by atoms with Gasteiger partial charge in [0.15, 0.2) is 0 Å². The highest BCUT2D eigenvalue weighted by Crippen LogP contribution is 2.22. The molecule has 1 aromatic carbocycles. The monoisotopic (exact) mass is 379 g/mol. The third-order valence-electron chi connectivity index (χ3n) is 4.55. The number of hydrogen-bond donors (Lipinski definition) is 1. The van der Waals surface area contributed by atoms with Crippen LogP contribution in [0.3, 0.4) is 0 Å². The molecule has 3 rings (SSSR count). The summed E-state index contributed by atoms with van der Waals surface area (Å²) < 4.78 is 1.96. The molecule has 2 heterocycles. The van der Waals surface area contributed by atoms with Crippen molar-refractivity contribution in [2.75, 3.05) is 24.3 Å². The van der Waals surface area contributed by atoms with Crippen LogP contribution in [0.4, 0.5) is 11.9 Å². The molecule has 0 aliphatic heterocycles. The van der Waals surface area contributed by atoms with E-state index in [-0.39, 0.29) is 12.0 Å². The van der Waals surface area contributed by atoms with Crippen LogP contribution in [-0.4, -0.2) is 38.8 Å². The van der Waals surface area contributed by atoms with Crippen molar-refractivity contribution in [3.05, 3.63) is 53.1 Å². The van der Waals surface area contributed by atoms with Crippen LogP contribution in [0.5, 0.6) is 0 Å². The normalized spacial score (nSPS) is 12.3. The van der Waals surface area contributed by atoms with Crippen molar-refractivity contribution in [2.24, 2.45) is 0 Å². The van der Waals surface area contributed by atoms with E-state index in [1.165, 1.54) is 0 Å². The van der Waals surface area contributed by atoms with Crippen LogP contribution < -0.4 is 10.2 Å². The van der Waals surface area contributed by atoms with Gasteiger partial charge in [0.1, 0.15) is 5.82 Å². The minimum absolute atomic E-state index is 0.0620. The Balaban J connectivity index is 1.81. The fourth-order valence-corrected chi connectivity index (χ4v) is 2.97. The highest BCUT2D eigenvalue weighted by molar-refractivity contribution is 5.41. The third-order valence-corrected chi connectivity index (χ3v) is 4.55. The van der Waals surface area contributed by atoms with Crippen molar-refractivity contribution >= 4 is 11.9 Å². The molecule has 0 saturated heterocycles. The minimum Gasteiger partial charge on any atom is -0.348 e. The number of nitrogens with zero attached hydrogens (tertiary/aromatic N) is 6. The van der Waals surface area contributed by atoms with Gasteiger partial charge in [-0.25, -0.2) is 4.68 Å². The summed E-state index contributed by atoms with van der Waals surface area (Å²) in [7, 11) is 3.87. The molecule has 0 spiro atoms. The molecule has 0 radical (unpaired) electrons. The zero-order valence-electron chi connectivity index (χ0n) is 17.7. The van der Waals surface area contributed by atoms with Gasteiger partial charge in [-0.3, -0.25) is 0 Å². The second kappa shape index (κ2) is 7.96. The lowest BCUT2D eigenvalue weighted by Gasteiger charge is -2.18. The zero-order valence-corrected chi connectivity index (χ0v) is 17.7. The first-order valence-electron chi connectivity index (χ1n) is 9.58. The first-order valence-corrected chi connectivity index (χ1v) is 9.58. The Morgan fingerprint density at radius 3 is 2.18 bits per heavy atom. The van der Waals surface area contributed by atoms with Gasteiger partial charge in [0.2, 0.25) is 11.9 Å². The molecule has 1 unspecified atom stereocenters. The summed E-state index contributed by atoms with van der Waals surface area (Å²) in [5.41, 5.74) is 4.35. The molecule has 0 amide bonds. The Kier molecular flexibility index (Phi) is 5.63. The van der Waals surface area contributed by atoms with Crippen LogP contribution in [0.25, 0.3) is 5.69 Å². The Morgan fingerprint density at radius 1 is 0.964 bits per heavy atom. The maximum atomic E-state index is 4.59. The molecule has 1 atom stereocenters. The van der Waals surface area contributed by atoms with Crippen LogP contribution in [-0.2, 0) is 0 Å². The van der Waals surface area contributed by atoms with E-state index in [1.807, 2.05) is 30.6 Å². The van der Waals surface area contributed by atoms with E-state index < -0.39 is 0 Å². The fraction of sp³-hybridized carbons (Fsp3) is 0.429. The summed E-state index contributed by atoms with van der Waals surface area (Å²) in [6, 6.07) is 10.5. The lowest BCUT2D eigenvalue weighted by molar-refractivity contribution is 0.746. The summed E-state index contributed by atoms with van der Waals surface area (Å²) in [6.07, 6.45) is 0. The molecule has 0 fully saturated rings. The van der Waals surface area contributed by atoms with Crippen molar-refractivity contribution in [1.82, 2.24) is 24.7 Å². The molecule has 3 aromatic rings. The van der Waals surface area contributed by atoms with Gasteiger partial charge in [-0.2, -0.15) is 20.1 Å². The topological polar surface area (TPSA) is 71.8 Å². The minimum atomic E-state index is 0.0620. The number of nitrogens with one attached hydrogen (secondary N) is 1. The number of benzene rings is 1. The predicted octanol–water partition coefficient (Wildman–Crippen LogP) is 4.04. The van der Waals surface area contributed by atoms with Gasteiger partial charge in [-0.15, -0.1) is 0 Å². The maximum Gasteiger partial charge on any atom is 0.229 e. The standard InChI is InChI=1S/C21H29N7/c1-13(2)19-23-20(25-21(24-19)27(6)7)22-16(5)17-8-10-18(11-9-17)28-15(4)12-14(3)26-28/h8-13,16H,1-7H3,(H,22,23,24,25). The van der Waals surface area contributed by atoms with E-state index in [2.05, 4.69) is 83.4 Å². The third kappa shape index (κ3) is 4.30. The quantitative estimate of drug-likeness (QED) is 0.697. The van der Waals surface area contributed by atoms with Crippen molar-refractivity contribution in [3.8, 4) is 5.69 Å². The Bertz CT molecular complexity index is 916. The predicted molar refractivity (Wildman–Crippen MR) is 113 cm³/mol. The molecule has 148 valence electrons. The molecule has 28 heavy (non-hydrogen) atoms. The van der Waals surface area contributed by atoms with E-state index in [4.69, 9.17) is 0 Å². The summed E-state index contributed by atoms with van der Waals surface area (Å²) in [5, 5.41) is 7.96. The molecule has 7 nitrogen and oxygen atoms in total. The largest absolute Gasteiger partial charge is 0.348 e. The molecule has 7 heteroatoms. The van der Waals surface area contributed by atoms with E-state index in [0.717, 1.165) is 28.5 Å². The molecule has 2 aromatic heterocycles. The van der Waals surface area contributed by atoms with Crippen LogP contribution in [0.15, 0.2) is 30.3 Å². The van der Waals surface area contributed by atoms with Gasteiger partial charge < -0.3 is 10.2 Å². The highest BCUT2D eigenvalue weighted by Gasteiger charge is 2.14. The second-order valence-electron chi connectivity index (χ2n) is 7.66. The molecular weight excluding hydrogens is 350 g/mol. The molecule has 0 bridgehead atoms. The lowest BCUT2D eigenvalue weighted by atomic mass is 10.1. The van der Waals surface area contributed by atoms with E-state index in [9.17, 15) is 0 Å². The lowest BCUT2D eigenvalue weighted by Crippen LogP contribution is -2.18. The molecule has 0 aliphatic rings. The number of aromatic nitrogens is 5. The average Bonchev–Trinajstić information content (AvgIpc) is 2.99. The van der Waals surface area contributed by atoms with Gasteiger partial charge >= 0.3 is 0 Å². The van der Waals surface area contributed by atoms with Crippen LogP contribution in [0, 0.1) is 13.8 Å². The van der Waals surface area contributed by atoms with Crippen molar-refractivity contribution in [1.29, 1.82) is 0 Å². The summed E-state index contributed by atoms with van der Waals surface area (Å²) in [5.74, 6) is 2.27. The maximum absolute atomic E-state index is 4.59. The van der Waals surface area contributed by atoms with Gasteiger partial charge in [0.05, 0.1) is 17.4 Å². The Labute approximate surface area is 166 Å². The number of anilines is 2. The molecule has 0 saturated carbocycles. The van der Waals surface area contributed by atoms with Gasteiger partial charge in [0.25, 0.3) is 0 Å². The van der Waals surface area contributed by atoms with Crippen molar-refractivity contribution in [3.63, 3.8) is 0 Å². The van der Waals surface area contributed by atoms with E-state index in [1.54, 1.807) is 0 Å². The SMILES string of the molecule is Cc1cc(C)n(-c2ccc(C(C)Nc3nc(C(C)C)nc(N(C)C)n3)cc2)n1. The first-order chi connectivity index (χ1) is 13.2. The van der Waals surface area contributed by atoms with Crippen molar-refractivity contribution in [2.45, 2.75) is 46.6 Å². The van der Waals surface area contributed by atoms with E-state index in [0.29, 0.717) is 11.9 Å². The molecular formula is C21H29N7. The van der Waals surface area contributed by atoms with Crippen LogP contribution in [0.1, 0.15) is 55.5 Å². The van der Waals surface area contributed by atoms with Crippen LogP contribution >= 0.6 is 0 Å². The second-order valence-corrected chi connectivity index (χ2v) is 7.66. The summed E-state index contributed by atoms with van der Waals surface area (Å²) in [6.45, 7) is 10.3. The van der Waals surface area contributed by atoms with Gasteiger partial charge in [-0.1, -0.05) is 26.0 Å². The molecule has 0 aliphatic carbocycles.